The molecule has 4 aromatic rings. The summed E-state index contributed by atoms with van der Waals surface area (Å²) in [5, 5.41) is 10.4. The van der Waals surface area contributed by atoms with Crippen LogP contribution in [0.3, 0.4) is 0 Å². The minimum absolute atomic E-state index is 0.276. The number of benzene rings is 1. The van der Waals surface area contributed by atoms with Crippen molar-refractivity contribution < 1.29 is 9.90 Å². The Bertz CT molecular complexity index is 1340. The fourth-order valence-electron chi connectivity index (χ4n) is 3.54. The van der Waals surface area contributed by atoms with Crippen LogP contribution < -0.4 is 5.43 Å². The Kier molecular flexibility index (Phi) is 5.32. The van der Waals surface area contributed by atoms with Crippen LogP contribution in [0.2, 0.25) is 10.0 Å². The molecule has 1 aromatic carbocycles. The van der Waals surface area contributed by atoms with Gasteiger partial charge in [0, 0.05) is 30.1 Å². The van der Waals surface area contributed by atoms with E-state index < -0.39 is 11.4 Å². The topological polar surface area (TPSA) is 90.0 Å². The molecule has 7 nitrogen and oxygen atoms in total. The first-order chi connectivity index (χ1) is 14.4. The number of carbonyl (C=O) groups is 1. The molecule has 0 spiro atoms. The molecule has 0 fully saturated rings. The fourth-order valence-corrected chi connectivity index (χ4v) is 3.84. The van der Waals surface area contributed by atoms with Crippen LogP contribution in [0.15, 0.2) is 53.7 Å². The molecule has 0 aliphatic heterocycles. The molecule has 152 valence electrons. The Morgan fingerprint density at radius 3 is 2.63 bits per heavy atom. The Morgan fingerprint density at radius 1 is 1.13 bits per heavy atom. The van der Waals surface area contributed by atoms with E-state index in [9.17, 15) is 14.7 Å². The Labute approximate surface area is 181 Å². The first-order valence-electron chi connectivity index (χ1n) is 9.12. The molecule has 0 aliphatic rings. The van der Waals surface area contributed by atoms with Crippen molar-refractivity contribution >= 4 is 40.3 Å². The van der Waals surface area contributed by atoms with Crippen molar-refractivity contribution in [2.24, 2.45) is 0 Å². The molecule has 4 rings (SSSR count). The van der Waals surface area contributed by atoms with E-state index in [2.05, 4.69) is 9.97 Å². The van der Waals surface area contributed by atoms with E-state index >= 15 is 0 Å². The summed E-state index contributed by atoms with van der Waals surface area (Å²) in [7, 11) is 0. The Morgan fingerprint density at radius 2 is 1.93 bits per heavy atom. The number of imidazole rings is 1. The van der Waals surface area contributed by atoms with E-state index in [-0.39, 0.29) is 16.3 Å². The van der Waals surface area contributed by atoms with Crippen LogP contribution in [0.1, 0.15) is 23.0 Å². The first-order valence-corrected chi connectivity index (χ1v) is 9.87. The molecule has 1 N–H and O–H groups in total. The van der Waals surface area contributed by atoms with Gasteiger partial charge < -0.3 is 14.2 Å². The summed E-state index contributed by atoms with van der Waals surface area (Å²) in [6, 6.07) is 9.85. The maximum Gasteiger partial charge on any atom is 0.341 e. The van der Waals surface area contributed by atoms with Gasteiger partial charge in [0.1, 0.15) is 5.56 Å². The summed E-state index contributed by atoms with van der Waals surface area (Å²) in [5.41, 5.74) is 1.94. The molecule has 0 saturated carbocycles. The van der Waals surface area contributed by atoms with Gasteiger partial charge in [0.15, 0.2) is 11.1 Å². The maximum absolute atomic E-state index is 12.8. The largest absolute Gasteiger partial charge is 0.477 e. The molecule has 9 heteroatoms. The molecule has 0 unspecified atom stereocenters. The number of fused-ring (bicyclic) bond motifs is 1. The summed E-state index contributed by atoms with van der Waals surface area (Å²) >= 11 is 12.2. The van der Waals surface area contributed by atoms with Crippen molar-refractivity contribution in [1.29, 1.82) is 0 Å². The minimum Gasteiger partial charge on any atom is -0.477 e. The fraction of sp³-hybridized carbons (Fsp3) is 0.143. The predicted molar refractivity (Wildman–Crippen MR) is 115 cm³/mol. The van der Waals surface area contributed by atoms with Gasteiger partial charge in [0.2, 0.25) is 0 Å². The van der Waals surface area contributed by atoms with Crippen molar-refractivity contribution in [3.63, 3.8) is 0 Å². The van der Waals surface area contributed by atoms with E-state index in [1.54, 1.807) is 35.3 Å². The van der Waals surface area contributed by atoms with Gasteiger partial charge in [-0.05, 0) is 31.2 Å². The van der Waals surface area contributed by atoms with Crippen LogP contribution in [0.25, 0.3) is 22.4 Å². The van der Waals surface area contributed by atoms with Crippen molar-refractivity contribution in [3.05, 3.63) is 80.4 Å². The van der Waals surface area contributed by atoms with Crippen LogP contribution in [0.4, 0.5) is 0 Å². The molecule has 30 heavy (non-hydrogen) atoms. The molecule has 0 bridgehead atoms. The second-order valence-electron chi connectivity index (χ2n) is 6.62. The molecule has 3 heterocycles. The number of carboxylic acids is 1. The van der Waals surface area contributed by atoms with E-state index in [0.717, 1.165) is 5.52 Å². The average Bonchev–Trinajstić information content (AvgIpc) is 3.12. The van der Waals surface area contributed by atoms with Crippen LogP contribution in [-0.4, -0.2) is 30.2 Å². The van der Waals surface area contributed by atoms with Gasteiger partial charge in [-0.15, -0.1) is 0 Å². The number of rotatable bonds is 5. The summed E-state index contributed by atoms with van der Waals surface area (Å²) in [6.45, 7) is 2.64. The number of carboxylic acid groups (broad SMARTS) is 1. The number of hydrogen-bond acceptors (Lipinski definition) is 4. The molecule has 0 saturated heterocycles. The molecule has 0 atom stereocenters. The number of pyridine rings is 2. The zero-order valence-corrected chi connectivity index (χ0v) is 17.4. The lowest BCUT2D eigenvalue weighted by molar-refractivity contribution is 0.0695. The van der Waals surface area contributed by atoms with E-state index in [0.29, 0.717) is 35.0 Å². The Balaban J connectivity index is 1.96. The Hall–Kier alpha value is -3.16. The van der Waals surface area contributed by atoms with Gasteiger partial charge in [0.05, 0.1) is 34.1 Å². The molecule has 0 radical (unpaired) electrons. The second kappa shape index (κ2) is 7.93. The number of hydrogen-bond donors (Lipinski definition) is 1. The van der Waals surface area contributed by atoms with Crippen molar-refractivity contribution in [3.8, 4) is 11.3 Å². The zero-order chi connectivity index (χ0) is 21.4. The second-order valence-corrected chi connectivity index (χ2v) is 7.43. The lowest BCUT2D eigenvalue weighted by Gasteiger charge is -2.20. The third-order valence-electron chi connectivity index (χ3n) is 4.85. The molecular formula is C21H16Cl2N4O3. The molecule has 0 amide bonds. The van der Waals surface area contributed by atoms with Crippen LogP contribution in [0, 0.1) is 0 Å². The van der Waals surface area contributed by atoms with E-state index in [4.69, 9.17) is 23.2 Å². The van der Waals surface area contributed by atoms with Crippen LogP contribution >= 0.6 is 23.2 Å². The number of halogens is 2. The molecule has 3 aromatic heterocycles. The average molecular weight is 443 g/mol. The molecular weight excluding hydrogens is 427 g/mol. The summed E-state index contributed by atoms with van der Waals surface area (Å²) in [4.78, 5) is 33.2. The maximum atomic E-state index is 12.8. The summed E-state index contributed by atoms with van der Waals surface area (Å²) < 4.78 is 3.66. The quantitative estimate of drug-likeness (QED) is 0.496. The highest BCUT2D eigenvalue weighted by Gasteiger charge is 2.22. The van der Waals surface area contributed by atoms with Crippen LogP contribution in [0.5, 0.6) is 0 Å². The predicted octanol–water partition coefficient (Wildman–Crippen LogP) is 4.33. The lowest BCUT2D eigenvalue weighted by atomic mass is 10.0. The summed E-state index contributed by atoms with van der Waals surface area (Å²) in [6.07, 6.45) is 3.30. The normalized spacial score (nSPS) is 11.2. The highest BCUT2D eigenvalue weighted by Crippen LogP contribution is 2.31. The van der Waals surface area contributed by atoms with Gasteiger partial charge in [-0.2, -0.15) is 0 Å². The third kappa shape index (κ3) is 3.46. The standard InChI is InChI=1S/C21H16Cl2N4O3/c1-2-27-13(10-26-11-25-20-16(26)4-3-7-24-20)9-17(28)18(21(29)30)19(27)12-5-6-14(22)15(23)8-12/h3-9,11H,2,10H2,1H3,(H,29,30). The van der Waals surface area contributed by atoms with E-state index in [1.807, 2.05) is 23.6 Å². The third-order valence-corrected chi connectivity index (χ3v) is 5.59. The van der Waals surface area contributed by atoms with Gasteiger partial charge in [-0.1, -0.05) is 29.3 Å². The summed E-state index contributed by atoms with van der Waals surface area (Å²) in [5.74, 6) is -1.30. The molecule has 0 aliphatic carbocycles. The highest BCUT2D eigenvalue weighted by atomic mass is 35.5. The number of aromatic nitrogens is 4. The SMILES string of the molecule is CCn1c(Cn2cnc3ncccc32)cc(=O)c(C(=O)O)c1-c1ccc(Cl)c(Cl)c1. The van der Waals surface area contributed by atoms with Crippen molar-refractivity contribution in [2.45, 2.75) is 20.0 Å². The highest BCUT2D eigenvalue weighted by molar-refractivity contribution is 6.42. The monoisotopic (exact) mass is 442 g/mol. The van der Waals surface area contributed by atoms with E-state index in [1.165, 1.54) is 6.07 Å². The van der Waals surface area contributed by atoms with Gasteiger partial charge in [-0.3, -0.25) is 4.79 Å². The minimum atomic E-state index is -1.30. The smallest absolute Gasteiger partial charge is 0.341 e. The number of nitrogens with zero attached hydrogens (tertiary/aromatic N) is 4. The van der Waals surface area contributed by atoms with Gasteiger partial charge in [-0.25, -0.2) is 14.8 Å². The van der Waals surface area contributed by atoms with Gasteiger partial charge in [0.25, 0.3) is 0 Å². The first kappa shape index (κ1) is 20.1. The number of aromatic carboxylic acids is 1. The van der Waals surface area contributed by atoms with Gasteiger partial charge >= 0.3 is 5.97 Å². The van der Waals surface area contributed by atoms with Crippen molar-refractivity contribution in [2.75, 3.05) is 0 Å². The van der Waals surface area contributed by atoms with Crippen molar-refractivity contribution in [1.82, 2.24) is 19.1 Å². The van der Waals surface area contributed by atoms with Crippen LogP contribution in [-0.2, 0) is 13.1 Å². The lowest BCUT2D eigenvalue weighted by Crippen LogP contribution is -2.24. The zero-order valence-electron chi connectivity index (χ0n) is 15.8.